The summed E-state index contributed by atoms with van der Waals surface area (Å²) < 4.78 is 253. The SMILES string of the molecule is COCCOCCOCCOCCOCCOCCOCCOCCOCCOCCOCCOCCOCCOCCOCCOCCOCCOCCOCCOCCOCCOCCOCCOCCOCCOCCOCCOCCOCCOCCOCCOCCOCCOCCOCCOCCOCCOCCOCCOCCOCCOCCOCCOCCOCCNC(=O)CCC1=C(C)C(=O)OC1=O. The molecule has 0 aromatic heterocycles. The number of cyclic esters (lactones) is 2. The lowest BCUT2D eigenvalue weighted by molar-refractivity contribution is -0.151. The highest BCUT2D eigenvalue weighted by atomic mass is 16.7. The van der Waals surface area contributed by atoms with Crippen molar-refractivity contribution in [3.63, 3.8) is 0 Å². The second kappa shape index (κ2) is 131. The number of ether oxygens (including phenoxy) is 46. The number of carbonyl (C=O) groups excluding carboxylic acids is 3. The Balaban J connectivity index is 1.58. The van der Waals surface area contributed by atoms with Gasteiger partial charge < -0.3 is 223 Å². The third kappa shape index (κ3) is 123. The Labute approximate surface area is 884 Å². The van der Waals surface area contributed by atoms with E-state index in [2.05, 4.69) is 10.1 Å². The van der Waals surface area contributed by atoms with Gasteiger partial charge in [0.25, 0.3) is 0 Å². The second-order valence-corrected chi connectivity index (χ2v) is 30.6. The highest BCUT2D eigenvalue weighted by Crippen LogP contribution is 2.21. The van der Waals surface area contributed by atoms with Gasteiger partial charge in [0.2, 0.25) is 5.91 Å². The van der Waals surface area contributed by atoms with Crippen molar-refractivity contribution in [2.24, 2.45) is 0 Å². The fourth-order valence-electron chi connectivity index (χ4n) is 11.1. The number of carbonyl (C=O) groups is 3. The topological polar surface area (TPSA) is 488 Å². The quantitative estimate of drug-likeness (QED) is 0.0496. The molecule has 886 valence electrons. The largest absolute Gasteiger partial charge is 0.386 e. The second-order valence-electron chi connectivity index (χ2n) is 30.6. The highest BCUT2D eigenvalue weighted by Gasteiger charge is 2.30. The third-order valence-electron chi connectivity index (χ3n) is 18.8. The van der Waals surface area contributed by atoms with Crippen LogP contribution < -0.4 is 5.32 Å². The normalized spacial score (nSPS) is 12.4. The molecule has 0 unspecified atom stereocenters. The Morgan fingerprint density at radius 2 is 0.262 bits per heavy atom. The number of amides is 1. The lowest BCUT2D eigenvalue weighted by Gasteiger charge is -2.09. The van der Waals surface area contributed by atoms with Crippen molar-refractivity contribution in [3.8, 4) is 0 Å². The van der Waals surface area contributed by atoms with Gasteiger partial charge in [0.05, 0.1) is 588 Å². The van der Waals surface area contributed by atoms with Crippen LogP contribution in [-0.4, -0.2) is 620 Å². The summed E-state index contributed by atoms with van der Waals surface area (Å²) in [6.45, 7) is 43.8. The van der Waals surface area contributed by atoms with Crippen molar-refractivity contribution in [3.05, 3.63) is 11.1 Å². The molecule has 0 atom stereocenters. The zero-order valence-corrected chi connectivity index (χ0v) is 90.1. The highest BCUT2D eigenvalue weighted by molar-refractivity contribution is 6.12. The predicted octanol–water partition coefficient (Wildman–Crippen LogP) is 0.660. The molecule has 0 bridgehead atoms. The van der Waals surface area contributed by atoms with Gasteiger partial charge in [-0.2, -0.15) is 0 Å². The van der Waals surface area contributed by atoms with Crippen molar-refractivity contribution in [1.82, 2.24) is 5.32 Å². The number of esters is 2. The van der Waals surface area contributed by atoms with Gasteiger partial charge in [-0.05, 0) is 13.3 Å². The summed E-state index contributed by atoms with van der Waals surface area (Å²) >= 11 is 0. The Morgan fingerprint density at radius 1 is 0.161 bits per heavy atom. The molecule has 1 heterocycles. The fraction of sp³-hybridized carbons (Fsp3) is 0.949. The fourth-order valence-corrected chi connectivity index (χ4v) is 11.1. The van der Waals surface area contributed by atoms with Crippen LogP contribution in [-0.2, 0) is 232 Å². The molecule has 0 radical (unpaired) electrons. The molecule has 1 amide bonds. The average Bonchev–Trinajstić information content (AvgIpc) is 1.70. The van der Waals surface area contributed by atoms with Gasteiger partial charge in [-0.15, -0.1) is 0 Å². The van der Waals surface area contributed by atoms with E-state index in [4.69, 9.17) is 213 Å². The lowest BCUT2D eigenvalue weighted by Crippen LogP contribution is -2.27. The molecule has 1 aliphatic heterocycles. The zero-order valence-electron chi connectivity index (χ0n) is 90.1. The maximum Gasteiger partial charge on any atom is 0.342 e. The minimum atomic E-state index is -0.680. The first kappa shape index (κ1) is 144. The predicted molar refractivity (Wildman–Crippen MR) is 534 cm³/mol. The Bertz CT molecular complexity index is 2420. The molecule has 1 rings (SSSR count). The van der Waals surface area contributed by atoms with Gasteiger partial charge in [0.1, 0.15) is 0 Å². The molecule has 50 heteroatoms. The molecular formula is C99H191NO49. The first-order valence-corrected chi connectivity index (χ1v) is 52.7. The average molecular weight is 2180 g/mol. The molecule has 0 aliphatic carbocycles. The minimum Gasteiger partial charge on any atom is -0.386 e. The van der Waals surface area contributed by atoms with E-state index in [1.165, 1.54) is 6.92 Å². The Morgan fingerprint density at radius 3 is 0.356 bits per heavy atom. The monoisotopic (exact) mass is 2180 g/mol. The number of rotatable bonds is 138. The van der Waals surface area contributed by atoms with Gasteiger partial charge in [0, 0.05) is 31.2 Å². The molecule has 50 nitrogen and oxygen atoms in total. The Hall–Kier alpha value is -3.45. The summed E-state index contributed by atoms with van der Waals surface area (Å²) in [5, 5.41) is 2.71. The van der Waals surface area contributed by atoms with Gasteiger partial charge >= 0.3 is 11.9 Å². The van der Waals surface area contributed by atoms with Gasteiger partial charge in [-0.1, -0.05) is 0 Å². The van der Waals surface area contributed by atoms with Crippen LogP contribution in [0, 0.1) is 0 Å². The molecule has 149 heavy (non-hydrogen) atoms. The molecule has 1 aliphatic rings. The summed E-state index contributed by atoms with van der Waals surface area (Å²) in [6.07, 6.45) is 0.231. The van der Waals surface area contributed by atoms with E-state index >= 15 is 0 Å². The van der Waals surface area contributed by atoms with Crippen LogP contribution in [0.4, 0.5) is 0 Å². The van der Waals surface area contributed by atoms with E-state index in [0.29, 0.717) is 595 Å². The van der Waals surface area contributed by atoms with Gasteiger partial charge in [-0.3, -0.25) is 4.79 Å². The molecule has 0 fully saturated rings. The zero-order chi connectivity index (χ0) is 106. The molecule has 0 aromatic rings. The van der Waals surface area contributed by atoms with E-state index in [-0.39, 0.29) is 29.9 Å². The minimum absolute atomic E-state index is 0.0787. The first-order chi connectivity index (χ1) is 74.1. The summed E-state index contributed by atoms with van der Waals surface area (Å²) in [7, 11) is 1.64. The summed E-state index contributed by atoms with van der Waals surface area (Å²) in [5.41, 5.74) is 0.499. The van der Waals surface area contributed by atoms with E-state index < -0.39 is 11.9 Å². The van der Waals surface area contributed by atoms with Crippen molar-refractivity contribution in [2.45, 2.75) is 19.8 Å². The van der Waals surface area contributed by atoms with Crippen LogP contribution in [0.2, 0.25) is 0 Å². The number of methoxy groups -OCH3 is 1. The summed E-state index contributed by atoms with van der Waals surface area (Å²) in [6, 6.07) is 0. The van der Waals surface area contributed by atoms with Gasteiger partial charge in [0.15, 0.2) is 0 Å². The standard InChI is InChI=1S/C99H191NO49/c1-95-96(99(103)149-98(95)102)3-4-97(101)100-5-6-105-9-10-107-13-14-109-17-18-111-21-22-113-25-26-115-29-30-117-33-34-119-37-38-121-41-42-123-45-46-125-49-50-127-53-54-129-57-58-131-61-62-133-65-66-135-69-70-137-73-74-139-77-78-141-81-82-143-85-86-145-89-90-147-93-94-148-92-91-146-88-87-144-84-83-142-80-79-140-76-75-138-72-71-136-68-67-134-64-63-132-60-59-130-56-55-128-52-51-126-48-47-124-44-43-122-40-39-120-36-35-118-32-31-116-28-27-114-24-23-112-20-19-110-16-15-108-12-11-106-8-7-104-2/h3-94H2,1-2H3,(H,100,101). The van der Waals surface area contributed by atoms with Crippen molar-refractivity contribution in [2.75, 3.05) is 602 Å². The van der Waals surface area contributed by atoms with Gasteiger partial charge in [-0.25, -0.2) is 9.59 Å². The molecule has 0 aromatic carbocycles. The summed E-state index contributed by atoms with van der Waals surface area (Å²) in [5.74, 6) is -1.58. The number of hydrogen-bond donors (Lipinski definition) is 1. The Kier molecular flexibility index (Phi) is 127. The van der Waals surface area contributed by atoms with E-state index in [0.717, 1.165) is 0 Å². The summed E-state index contributed by atoms with van der Waals surface area (Å²) in [4.78, 5) is 35.0. The van der Waals surface area contributed by atoms with E-state index in [1.807, 2.05) is 0 Å². The number of hydrogen-bond acceptors (Lipinski definition) is 49. The van der Waals surface area contributed by atoms with E-state index in [1.54, 1.807) is 7.11 Å². The van der Waals surface area contributed by atoms with Crippen LogP contribution in [0.3, 0.4) is 0 Å². The van der Waals surface area contributed by atoms with Crippen LogP contribution in [0.1, 0.15) is 19.8 Å². The van der Waals surface area contributed by atoms with Crippen molar-refractivity contribution in [1.29, 1.82) is 0 Å². The maximum atomic E-state index is 12.0. The smallest absolute Gasteiger partial charge is 0.342 e. The molecule has 0 saturated heterocycles. The first-order valence-electron chi connectivity index (χ1n) is 52.7. The van der Waals surface area contributed by atoms with Crippen LogP contribution in [0.25, 0.3) is 0 Å². The molecule has 1 N–H and O–H groups in total. The lowest BCUT2D eigenvalue weighted by atomic mass is 10.1. The number of nitrogens with one attached hydrogen (secondary N) is 1. The molecule has 0 spiro atoms. The molecular weight excluding hydrogens is 1990 g/mol. The van der Waals surface area contributed by atoms with E-state index in [9.17, 15) is 14.4 Å². The third-order valence-corrected chi connectivity index (χ3v) is 18.8. The van der Waals surface area contributed by atoms with Crippen LogP contribution in [0.5, 0.6) is 0 Å². The van der Waals surface area contributed by atoms with Crippen LogP contribution in [0.15, 0.2) is 11.1 Å². The molecule has 0 saturated carbocycles. The van der Waals surface area contributed by atoms with Crippen molar-refractivity contribution < 1.29 is 232 Å². The van der Waals surface area contributed by atoms with Crippen LogP contribution >= 0.6 is 0 Å². The maximum absolute atomic E-state index is 12.0. The van der Waals surface area contributed by atoms with Crippen molar-refractivity contribution >= 4 is 17.8 Å².